The molecule has 0 unspecified atom stereocenters. The van der Waals surface area contributed by atoms with Crippen LogP contribution in [-0.2, 0) is 21.7 Å². The molecule has 3 nitrogen and oxygen atoms in total. The highest BCUT2D eigenvalue weighted by atomic mass is 35.5. The summed E-state index contributed by atoms with van der Waals surface area (Å²) in [5, 5.41) is 0. The molecular formula is C16H18ClNO2S. The molecule has 0 fully saturated rings. The second kappa shape index (κ2) is 6.50. The molecule has 0 saturated carbocycles. The molecule has 112 valence electrons. The summed E-state index contributed by atoms with van der Waals surface area (Å²) in [7, 11) is -1.82. The molecule has 5 heteroatoms. The van der Waals surface area contributed by atoms with Crippen LogP contribution in [0.25, 0.3) is 0 Å². The minimum absolute atomic E-state index is 0.0274. The van der Waals surface area contributed by atoms with Gasteiger partial charge in [0, 0.05) is 12.9 Å². The van der Waals surface area contributed by atoms with Crippen LogP contribution in [0.1, 0.15) is 16.7 Å². The van der Waals surface area contributed by atoms with Crippen LogP contribution in [0, 0.1) is 6.92 Å². The van der Waals surface area contributed by atoms with Crippen molar-refractivity contribution in [1.29, 1.82) is 0 Å². The van der Waals surface area contributed by atoms with Crippen LogP contribution in [0.3, 0.4) is 0 Å². The fourth-order valence-electron chi connectivity index (χ4n) is 2.10. The van der Waals surface area contributed by atoms with E-state index < -0.39 is 10.0 Å². The third-order valence-electron chi connectivity index (χ3n) is 3.40. The molecule has 0 radical (unpaired) electrons. The van der Waals surface area contributed by atoms with Crippen LogP contribution >= 0.6 is 11.6 Å². The molecule has 0 heterocycles. The lowest BCUT2D eigenvalue weighted by Gasteiger charge is -2.21. The Morgan fingerprint density at radius 2 is 1.57 bits per heavy atom. The topological polar surface area (TPSA) is 37.4 Å². The number of halogens is 1. The molecule has 0 saturated heterocycles. The van der Waals surface area contributed by atoms with E-state index >= 15 is 0 Å². The van der Waals surface area contributed by atoms with Crippen molar-refractivity contribution in [1.82, 2.24) is 0 Å². The first kappa shape index (κ1) is 15.9. The van der Waals surface area contributed by atoms with Gasteiger partial charge >= 0.3 is 0 Å². The highest BCUT2D eigenvalue weighted by Gasteiger charge is 2.20. The number of rotatable bonds is 5. The number of nitrogens with zero attached hydrogens (tertiary/aromatic N) is 1. The Labute approximate surface area is 131 Å². The SMILES string of the molecule is Cc1ccccc1N(C)S(=O)(=O)Cc1ccc(CCl)cc1. The quantitative estimate of drug-likeness (QED) is 0.787. The maximum atomic E-state index is 12.5. The fourth-order valence-corrected chi connectivity index (χ4v) is 3.59. The lowest BCUT2D eigenvalue weighted by atomic mass is 10.2. The van der Waals surface area contributed by atoms with E-state index in [4.69, 9.17) is 11.6 Å². The first-order chi connectivity index (χ1) is 9.94. The van der Waals surface area contributed by atoms with Crippen LogP contribution in [0.5, 0.6) is 0 Å². The first-order valence-electron chi connectivity index (χ1n) is 6.60. The number of sulfonamides is 1. The van der Waals surface area contributed by atoms with Crippen LogP contribution in [0.2, 0.25) is 0 Å². The van der Waals surface area contributed by atoms with Gasteiger partial charge in [-0.15, -0.1) is 11.6 Å². The zero-order valence-corrected chi connectivity index (χ0v) is 13.7. The van der Waals surface area contributed by atoms with Gasteiger partial charge in [-0.3, -0.25) is 4.31 Å². The van der Waals surface area contributed by atoms with Crippen molar-refractivity contribution in [3.63, 3.8) is 0 Å². The van der Waals surface area contributed by atoms with E-state index in [1.165, 1.54) is 4.31 Å². The van der Waals surface area contributed by atoms with E-state index in [9.17, 15) is 8.42 Å². The summed E-state index contributed by atoms with van der Waals surface area (Å²) >= 11 is 5.73. The van der Waals surface area contributed by atoms with Crippen LogP contribution in [0.15, 0.2) is 48.5 Å². The largest absolute Gasteiger partial charge is 0.273 e. The van der Waals surface area contributed by atoms with Crippen molar-refractivity contribution in [2.75, 3.05) is 11.4 Å². The lowest BCUT2D eigenvalue weighted by Crippen LogP contribution is -2.28. The summed E-state index contributed by atoms with van der Waals surface area (Å²) in [6.07, 6.45) is 0. The van der Waals surface area contributed by atoms with Crippen molar-refractivity contribution < 1.29 is 8.42 Å². The second-order valence-corrected chi connectivity index (χ2v) is 7.23. The number of para-hydroxylation sites is 1. The maximum absolute atomic E-state index is 12.5. The van der Waals surface area contributed by atoms with Gasteiger partial charge in [0.1, 0.15) is 0 Å². The van der Waals surface area contributed by atoms with E-state index in [1.807, 2.05) is 43.3 Å². The van der Waals surface area contributed by atoms with Gasteiger partial charge in [-0.25, -0.2) is 8.42 Å². The van der Waals surface area contributed by atoms with E-state index in [2.05, 4.69) is 0 Å². The summed E-state index contributed by atoms with van der Waals surface area (Å²) in [6, 6.07) is 14.8. The van der Waals surface area contributed by atoms with Gasteiger partial charge in [0.15, 0.2) is 0 Å². The van der Waals surface area contributed by atoms with Crippen molar-refractivity contribution in [3.8, 4) is 0 Å². The van der Waals surface area contributed by atoms with Gasteiger partial charge in [0.2, 0.25) is 10.0 Å². The third-order valence-corrected chi connectivity index (χ3v) is 5.44. The molecule has 0 aromatic heterocycles. The van der Waals surface area contributed by atoms with Gasteiger partial charge in [0.25, 0.3) is 0 Å². The number of aryl methyl sites for hydroxylation is 1. The Bertz CT molecular complexity index is 711. The Morgan fingerprint density at radius 1 is 1.00 bits per heavy atom. The zero-order chi connectivity index (χ0) is 15.5. The van der Waals surface area contributed by atoms with Gasteiger partial charge in [0.05, 0.1) is 11.4 Å². The standard InChI is InChI=1S/C16H18ClNO2S/c1-13-5-3-4-6-16(13)18(2)21(19,20)12-15-9-7-14(11-17)8-10-15/h3-10H,11-12H2,1-2H3. The number of alkyl halides is 1. The maximum Gasteiger partial charge on any atom is 0.239 e. The molecule has 0 atom stereocenters. The minimum atomic E-state index is -3.41. The van der Waals surface area contributed by atoms with Crippen LogP contribution in [-0.4, -0.2) is 15.5 Å². The molecule has 0 spiro atoms. The third kappa shape index (κ3) is 3.77. The van der Waals surface area contributed by atoms with E-state index in [0.29, 0.717) is 11.6 Å². The number of anilines is 1. The molecular weight excluding hydrogens is 306 g/mol. The first-order valence-corrected chi connectivity index (χ1v) is 8.74. The number of hydrogen-bond donors (Lipinski definition) is 0. The van der Waals surface area contributed by atoms with Gasteiger partial charge in [-0.2, -0.15) is 0 Å². The molecule has 0 amide bonds. The van der Waals surface area contributed by atoms with Gasteiger partial charge in [-0.1, -0.05) is 42.5 Å². The van der Waals surface area contributed by atoms with Gasteiger partial charge < -0.3 is 0 Å². The molecule has 0 aliphatic carbocycles. The molecule has 2 rings (SSSR count). The second-order valence-electron chi connectivity index (χ2n) is 4.96. The van der Waals surface area contributed by atoms with Crippen molar-refractivity contribution in [2.24, 2.45) is 0 Å². The monoisotopic (exact) mass is 323 g/mol. The predicted molar refractivity (Wildman–Crippen MR) is 88.2 cm³/mol. The smallest absolute Gasteiger partial charge is 0.239 e. The summed E-state index contributed by atoms with van der Waals surface area (Å²) in [5.74, 6) is 0.399. The average Bonchev–Trinajstić information content (AvgIpc) is 2.47. The summed E-state index contributed by atoms with van der Waals surface area (Å²) < 4.78 is 26.4. The van der Waals surface area contributed by atoms with E-state index in [0.717, 1.165) is 16.7 Å². The Kier molecular flexibility index (Phi) is 4.91. The van der Waals surface area contributed by atoms with Gasteiger partial charge in [-0.05, 0) is 29.7 Å². The Hall–Kier alpha value is -1.52. The molecule has 21 heavy (non-hydrogen) atoms. The van der Waals surface area contributed by atoms with E-state index in [1.54, 1.807) is 19.2 Å². The highest BCUT2D eigenvalue weighted by Crippen LogP contribution is 2.22. The molecule has 0 bridgehead atoms. The van der Waals surface area contributed by atoms with Crippen molar-refractivity contribution in [2.45, 2.75) is 18.6 Å². The summed E-state index contributed by atoms with van der Waals surface area (Å²) in [5.41, 5.74) is 3.37. The lowest BCUT2D eigenvalue weighted by molar-refractivity contribution is 0.593. The summed E-state index contributed by atoms with van der Waals surface area (Å²) in [6.45, 7) is 1.90. The molecule has 0 aliphatic rings. The van der Waals surface area contributed by atoms with Crippen molar-refractivity contribution in [3.05, 3.63) is 65.2 Å². The van der Waals surface area contributed by atoms with Crippen LogP contribution < -0.4 is 4.31 Å². The molecule has 2 aromatic carbocycles. The zero-order valence-electron chi connectivity index (χ0n) is 12.1. The number of hydrogen-bond acceptors (Lipinski definition) is 2. The Balaban J connectivity index is 2.23. The Morgan fingerprint density at radius 3 is 2.14 bits per heavy atom. The van der Waals surface area contributed by atoms with Crippen molar-refractivity contribution >= 4 is 27.3 Å². The molecule has 2 aromatic rings. The molecule has 0 N–H and O–H groups in total. The van der Waals surface area contributed by atoms with E-state index in [-0.39, 0.29) is 5.75 Å². The number of benzene rings is 2. The minimum Gasteiger partial charge on any atom is -0.273 e. The highest BCUT2D eigenvalue weighted by molar-refractivity contribution is 7.92. The molecule has 0 aliphatic heterocycles. The predicted octanol–water partition coefficient (Wildman–Crippen LogP) is 3.70. The summed E-state index contributed by atoms with van der Waals surface area (Å²) in [4.78, 5) is 0. The normalized spacial score (nSPS) is 11.4. The average molecular weight is 324 g/mol. The van der Waals surface area contributed by atoms with Crippen LogP contribution in [0.4, 0.5) is 5.69 Å². The fraction of sp³-hybridized carbons (Fsp3) is 0.250.